The quantitative estimate of drug-likeness (QED) is 0.870. The first-order valence-electron chi connectivity index (χ1n) is 6.06. The SMILES string of the molecule is N#Cc1ccc(NC(=O)CN2CC[C@@H](N)C2)cc1Cl. The summed E-state index contributed by atoms with van der Waals surface area (Å²) in [6, 6.07) is 6.97. The van der Waals surface area contributed by atoms with Crippen molar-refractivity contribution in [3.8, 4) is 6.07 Å². The molecular formula is C13H15ClN4O. The van der Waals surface area contributed by atoms with Crippen LogP contribution >= 0.6 is 11.6 Å². The molecule has 0 radical (unpaired) electrons. The first-order chi connectivity index (χ1) is 9.08. The number of amides is 1. The van der Waals surface area contributed by atoms with Crippen molar-refractivity contribution in [2.75, 3.05) is 25.0 Å². The summed E-state index contributed by atoms with van der Waals surface area (Å²) in [5, 5.41) is 11.9. The summed E-state index contributed by atoms with van der Waals surface area (Å²) in [4.78, 5) is 13.9. The van der Waals surface area contributed by atoms with Crippen molar-refractivity contribution < 1.29 is 4.79 Å². The predicted octanol–water partition coefficient (Wildman–Crippen LogP) is 1.18. The van der Waals surface area contributed by atoms with Gasteiger partial charge >= 0.3 is 0 Å². The number of likely N-dealkylation sites (tertiary alicyclic amines) is 1. The molecule has 0 aliphatic carbocycles. The molecule has 1 saturated heterocycles. The number of carbonyl (C=O) groups is 1. The first-order valence-corrected chi connectivity index (χ1v) is 6.43. The number of carbonyl (C=O) groups excluding carboxylic acids is 1. The van der Waals surface area contributed by atoms with Gasteiger partial charge in [0.2, 0.25) is 5.91 Å². The molecule has 5 nitrogen and oxygen atoms in total. The van der Waals surface area contributed by atoms with Crippen LogP contribution < -0.4 is 11.1 Å². The van der Waals surface area contributed by atoms with Crippen molar-refractivity contribution in [3.63, 3.8) is 0 Å². The van der Waals surface area contributed by atoms with E-state index < -0.39 is 0 Å². The number of nitrogens with zero attached hydrogens (tertiary/aromatic N) is 2. The van der Waals surface area contributed by atoms with Crippen molar-refractivity contribution in [3.05, 3.63) is 28.8 Å². The van der Waals surface area contributed by atoms with E-state index in [1.54, 1.807) is 18.2 Å². The second-order valence-electron chi connectivity index (χ2n) is 4.64. The van der Waals surface area contributed by atoms with E-state index in [1.165, 1.54) is 0 Å². The molecule has 19 heavy (non-hydrogen) atoms. The molecule has 1 amide bonds. The molecule has 6 heteroatoms. The Morgan fingerprint density at radius 3 is 3.00 bits per heavy atom. The van der Waals surface area contributed by atoms with Crippen molar-refractivity contribution in [2.24, 2.45) is 5.73 Å². The third-order valence-electron chi connectivity index (χ3n) is 3.05. The van der Waals surface area contributed by atoms with Crippen molar-refractivity contribution >= 4 is 23.2 Å². The Labute approximate surface area is 116 Å². The summed E-state index contributed by atoms with van der Waals surface area (Å²) >= 11 is 5.90. The van der Waals surface area contributed by atoms with Crippen LogP contribution in [-0.4, -0.2) is 36.5 Å². The topological polar surface area (TPSA) is 82.2 Å². The normalized spacial score (nSPS) is 19.1. The molecule has 0 spiro atoms. The summed E-state index contributed by atoms with van der Waals surface area (Å²) in [6.45, 7) is 1.93. The fraction of sp³-hybridized carbons (Fsp3) is 0.385. The maximum absolute atomic E-state index is 11.8. The van der Waals surface area contributed by atoms with Gasteiger partial charge in [-0.1, -0.05) is 11.6 Å². The highest BCUT2D eigenvalue weighted by Gasteiger charge is 2.20. The zero-order valence-corrected chi connectivity index (χ0v) is 11.2. The van der Waals surface area contributed by atoms with Gasteiger partial charge < -0.3 is 11.1 Å². The van der Waals surface area contributed by atoms with Crippen molar-refractivity contribution in [2.45, 2.75) is 12.5 Å². The van der Waals surface area contributed by atoms with Gasteiger partial charge in [-0.05, 0) is 24.6 Å². The molecule has 0 aromatic heterocycles. The van der Waals surface area contributed by atoms with Crippen molar-refractivity contribution in [1.82, 2.24) is 4.90 Å². The van der Waals surface area contributed by atoms with Crippen molar-refractivity contribution in [1.29, 1.82) is 5.26 Å². The number of nitriles is 1. The third kappa shape index (κ3) is 3.67. The van der Waals surface area contributed by atoms with Crippen LogP contribution in [-0.2, 0) is 4.79 Å². The number of nitrogens with two attached hydrogens (primary N) is 1. The van der Waals surface area contributed by atoms with Gasteiger partial charge in [0.1, 0.15) is 6.07 Å². The van der Waals surface area contributed by atoms with E-state index in [-0.39, 0.29) is 11.9 Å². The molecule has 1 aromatic carbocycles. The van der Waals surface area contributed by atoms with E-state index in [9.17, 15) is 4.79 Å². The minimum atomic E-state index is -0.102. The second-order valence-corrected chi connectivity index (χ2v) is 5.05. The number of hydrogen-bond donors (Lipinski definition) is 2. The van der Waals surface area contributed by atoms with E-state index in [2.05, 4.69) is 5.32 Å². The number of hydrogen-bond acceptors (Lipinski definition) is 4. The predicted molar refractivity (Wildman–Crippen MR) is 73.8 cm³/mol. The Bertz CT molecular complexity index is 526. The highest BCUT2D eigenvalue weighted by atomic mass is 35.5. The zero-order chi connectivity index (χ0) is 13.8. The number of benzene rings is 1. The molecular weight excluding hydrogens is 264 g/mol. The van der Waals surface area contributed by atoms with Gasteiger partial charge in [-0.15, -0.1) is 0 Å². The monoisotopic (exact) mass is 278 g/mol. The van der Waals surface area contributed by atoms with Crippen LogP contribution in [0, 0.1) is 11.3 Å². The van der Waals surface area contributed by atoms with Crippen LogP contribution in [0.4, 0.5) is 5.69 Å². The minimum absolute atomic E-state index is 0.102. The summed E-state index contributed by atoms with van der Waals surface area (Å²) < 4.78 is 0. The molecule has 0 saturated carbocycles. The first kappa shape index (κ1) is 13.8. The summed E-state index contributed by atoms with van der Waals surface area (Å²) in [6.07, 6.45) is 0.927. The molecule has 0 bridgehead atoms. The van der Waals surface area contributed by atoms with Gasteiger partial charge in [0, 0.05) is 24.8 Å². The highest BCUT2D eigenvalue weighted by molar-refractivity contribution is 6.32. The van der Waals surface area contributed by atoms with Crippen LogP contribution in [0.25, 0.3) is 0 Å². The van der Waals surface area contributed by atoms with E-state index >= 15 is 0 Å². The van der Waals surface area contributed by atoms with E-state index in [0.717, 1.165) is 19.5 Å². The van der Waals surface area contributed by atoms with Crippen LogP contribution in [0.1, 0.15) is 12.0 Å². The summed E-state index contributed by atoms with van der Waals surface area (Å²) in [5.74, 6) is -0.102. The van der Waals surface area contributed by atoms with Crippen LogP contribution in [0.3, 0.4) is 0 Å². The van der Waals surface area contributed by atoms with Gasteiger partial charge in [0.05, 0.1) is 17.1 Å². The minimum Gasteiger partial charge on any atom is -0.326 e. The van der Waals surface area contributed by atoms with Crippen LogP contribution in [0.5, 0.6) is 0 Å². The van der Waals surface area contributed by atoms with E-state index in [4.69, 9.17) is 22.6 Å². The Hall–Kier alpha value is -1.61. The average Bonchev–Trinajstić information content (AvgIpc) is 2.74. The van der Waals surface area contributed by atoms with E-state index in [1.807, 2.05) is 11.0 Å². The summed E-state index contributed by atoms with van der Waals surface area (Å²) in [7, 11) is 0. The number of anilines is 1. The lowest BCUT2D eigenvalue weighted by Crippen LogP contribution is -2.33. The third-order valence-corrected chi connectivity index (χ3v) is 3.36. The molecule has 1 aliphatic rings. The molecule has 100 valence electrons. The van der Waals surface area contributed by atoms with E-state index in [0.29, 0.717) is 22.8 Å². The van der Waals surface area contributed by atoms with Gasteiger partial charge in [-0.2, -0.15) is 5.26 Å². The number of halogens is 1. The highest BCUT2D eigenvalue weighted by Crippen LogP contribution is 2.20. The molecule has 1 fully saturated rings. The summed E-state index contributed by atoms with van der Waals surface area (Å²) in [5.41, 5.74) is 6.77. The molecule has 3 N–H and O–H groups in total. The maximum atomic E-state index is 11.8. The second kappa shape index (κ2) is 6.02. The molecule has 1 aliphatic heterocycles. The number of nitrogens with one attached hydrogen (secondary N) is 1. The maximum Gasteiger partial charge on any atom is 0.238 e. The average molecular weight is 279 g/mol. The zero-order valence-electron chi connectivity index (χ0n) is 10.4. The Morgan fingerprint density at radius 1 is 1.63 bits per heavy atom. The molecule has 1 atom stereocenters. The Balaban J connectivity index is 1.92. The molecule has 1 aromatic rings. The lowest BCUT2D eigenvalue weighted by atomic mass is 10.2. The smallest absolute Gasteiger partial charge is 0.238 e. The standard InChI is InChI=1S/C13H15ClN4O/c14-12-5-11(2-1-9(12)6-15)17-13(19)8-18-4-3-10(16)7-18/h1-2,5,10H,3-4,7-8,16H2,(H,17,19)/t10-/m1/s1. The lowest BCUT2D eigenvalue weighted by molar-refractivity contribution is -0.117. The Kier molecular flexibility index (Phi) is 4.38. The molecule has 0 unspecified atom stereocenters. The van der Waals surface area contributed by atoms with Crippen LogP contribution in [0.15, 0.2) is 18.2 Å². The number of rotatable bonds is 3. The largest absolute Gasteiger partial charge is 0.326 e. The van der Waals surface area contributed by atoms with Crippen LogP contribution in [0.2, 0.25) is 5.02 Å². The Morgan fingerprint density at radius 2 is 2.42 bits per heavy atom. The van der Waals surface area contributed by atoms with Gasteiger partial charge in [0.25, 0.3) is 0 Å². The molecule has 1 heterocycles. The molecule has 2 rings (SSSR count). The fourth-order valence-electron chi connectivity index (χ4n) is 2.09. The fourth-order valence-corrected chi connectivity index (χ4v) is 2.32. The van der Waals surface area contributed by atoms with Gasteiger partial charge in [-0.3, -0.25) is 9.69 Å². The van der Waals surface area contributed by atoms with Gasteiger partial charge in [-0.25, -0.2) is 0 Å². The van der Waals surface area contributed by atoms with Gasteiger partial charge in [0.15, 0.2) is 0 Å². The lowest BCUT2D eigenvalue weighted by Gasteiger charge is -2.14.